The summed E-state index contributed by atoms with van der Waals surface area (Å²) < 4.78 is 0. The fourth-order valence-corrected chi connectivity index (χ4v) is 2.28. The number of H-pyrrole nitrogens is 1. The fourth-order valence-electron chi connectivity index (χ4n) is 2.08. The van der Waals surface area contributed by atoms with Crippen LogP contribution in [0.1, 0.15) is 36.3 Å². The van der Waals surface area contributed by atoms with Gasteiger partial charge in [-0.1, -0.05) is 37.1 Å². The number of nitrogens with one attached hydrogen (secondary N) is 1. The van der Waals surface area contributed by atoms with Crippen LogP contribution in [0, 0.1) is 0 Å². The molecule has 0 aliphatic rings. The fraction of sp³-hybridized carbons (Fsp3) is 0.333. The smallest absolute Gasteiger partial charge is 0.0831 e. The van der Waals surface area contributed by atoms with Gasteiger partial charge in [0.1, 0.15) is 0 Å². The van der Waals surface area contributed by atoms with E-state index in [0.29, 0.717) is 11.4 Å². The zero-order chi connectivity index (χ0) is 13.0. The molecule has 0 saturated carbocycles. The Morgan fingerprint density at radius 2 is 2.17 bits per heavy atom. The van der Waals surface area contributed by atoms with Crippen molar-refractivity contribution in [3.8, 4) is 0 Å². The summed E-state index contributed by atoms with van der Waals surface area (Å²) in [5.41, 5.74) is 3.22. The molecule has 96 valence electrons. The van der Waals surface area contributed by atoms with Crippen molar-refractivity contribution >= 4 is 11.6 Å². The summed E-state index contributed by atoms with van der Waals surface area (Å²) in [7, 11) is 0. The van der Waals surface area contributed by atoms with Gasteiger partial charge in [0.25, 0.3) is 0 Å². The van der Waals surface area contributed by atoms with Crippen molar-refractivity contribution in [3.63, 3.8) is 0 Å². The van der Waals surface area contributed by atoms with E-state index >= 15 is 0 Å². The molecule has 0 amide bonds. The van der Waals surface area contributed by atoms with Gasteiger partial charge in [-0.05, 0) is 35.7 Å². The molecule has 2 N–H and O–H groups in total. The number of aliphatic hydroxyl groups excluding tert-OH is 1. The Kier molecular flexibility index (Phi) is 4.45. The Hall–Kier alpha value is -1.25. The number of aromatic amines is 1. The molecular weight excluding hydrogens is 246 g/mol. The standard InChI is InChI=1S/C15H18ClNO/c1-2-4-14-7-11(10-17-14)8-15(18)12-5-3-6-13(16)9-12/h3,5-7,9-10,15,17-18H,2,4,8H2,1H3. The first-order valence-electron chi connectivity index (χ1n) is 6.28. The van der Waals surface area contributed by atoms with Gasteiger partial charge >= 0.3 is 0 Å². The van der Waals surface area contributed by atoms with Crippen LogP contribution in [-0.4, -0.2) is 10.1 Å². The summed E-state index contributed by atoms with van der Waals surface area (Å²) in [4.78, 5) is 3.24. The second-order valence-electron chi connectivity index (χ2n) is 4.56. The first-order valence-corrected chi connectivity index (χ1v) is 6.66. The molecule has 0 aliphatic heterocycles. The molecule has 1 unspecified atom stereocenters. The minimum absolute atomic E-state index is 0.506. The lowest BCUT2D eigenvalue weighted by molar-refractivity contribution is 0.178. The third-order valence-corrected chi connectivity index (χ3v) is 3.22. The van der Waals surface area contributed by atoms with Crippen LogP contribution >= 0.6 is 11.6 Å². The predicted octanol–water partition coefficient (Wildman–Crippen LogP) is 3.90. The lowest BCUT2D eigenvalue weighted by Crippen LogP contribution is -2.00. The molecule has 1 atom stereocenters. The summed E-state index contributed by atoms with van der Waals surface area (Å²) in [6.45, 7) is 2.15. The minimum Gasteiger partial charge on any atom is -0.388 e. The first-order chi connectivity index (χ1) is 8.69. The molecule has 0 bridgehead atoms. The zero-order valence-electron chi connectivity index (χ0n) is 10.5. The van der Waals surface area contributed by atoms with Crippen molar-refractivity contribution in [1.82, 2.24) is 4.98 Å². The SMILES string of the molecule is CCCc1cc(CC(O)c2cccc(Cl)c2)c[nH]1. The van der Waals surface area contributed by atoms with Gasteiger partial charge in [0, 0.05) is 23.3 Å². The third kappa shape index (κ3) is 3.37. The van der Waals surface area contributed by atoms with Gasteiger partial charge in [-0.25, -0.2) is 0 Å². The number of aromatic nitrogens is 1. The molecule has 0 fully saturated rings. The molecule has 2 nitrogen and oxygen atoms in total. The molecule has 0 radical (unpaired) electrons. The van der Waals surface area contributed by atoms with Gasteiger partial charge < -0.3 is 10.1 Å². The van der Waals surface area contributed by atoms with Crippen LogP contribution in [0.25, 0.3) is 0 Å². The maximum absolute atomic E-state index is 10.2. The molecule has 1 aromatic carbocycles. The maximum atomic E-state index is 10.2. The Morgan fingerprint density at radius 3 is 2.89 bits per heavy atom. The largest absolute Gasteiger partial charge is 0.388 e. The van der Waals surface area contributed by atoms with Crippen molar-refractivity contribution in [3.05, 3.63) is 58.4 Å². The molecule has 2 rings (SSSR count). The van der Waals surface area contributed by atoms with Crippen LogP contribution in [0.4, 0.5) is 0 Å². The lowest BCUT2D eigenvalue weighted by atomic mass is 10.0. The highest BCUT2D eigenvalue weighted by molar-refractivity contribution is 6.30. The number of aliphatic hydroxyl groups is 1. The maximum Gasteiger partial charge on any atom is 0.0831 e. The van der Waals surface area contributed by atoms with Crippen LogP contribution in [-0.2, 0) is 12.8 Å². The monoisotopic (exact) mass is 263 g/mol. The Labute approximate surface area is 113 Å². The Balaban J connectivity index is 2.04. The molecule has 3 heteroatoms. The molecule has 1 aromatic heterocycles. The molecule has 0 spiro atoms. The van der Waals surface area contributed by atoms with Gasteiger partial charge in [-0.2, -0.15) is 0 Å². The minimum atomic E-state index is -0.506. The number of hydrogen-bond acceptors (Lipinski definition) is 1. The average molecular weight is 264 g/mol. The Morgan fingerprint density at radius 1 is 1.33 bits per heavy atom. The van der Waals surface area contributed by atoms with Gasteiger partial charge in [-0.3, -0.25) is 0 Å². The van der Waals surface area contributed by atoms with Crippen LogP contribution in [0.2, 0.25) is 5.02 Å². The Bertz CT molecular complexity index is 507. The normalized spacial score (nSPS) is 12.6. The second-order valence-corrected chi connectivity index (χ2v) is 4.99. The molecule has 18 heavy (non-hydrogen) atoms. The van der Waals surface area contributed by atoms with Crippen LogP contribution < -0.4 is 0 Å². The van der Waals surface area contributed by atoms with E-state index in [1.807, 2.05) is 30.5 Å². The van der Waals surface area contributed by atoms with Crippen molar-refractivity contribution in [2.45, 2.75) is 32.3 Å². The van der Waals surface area contributed by atoms with Crippen LogP contribution in [0.3, 0.4) is 0 Å². The molecule has 0 aliphatic carbocycles. The first kappa shape index (κ1) is 13.2. The topological polar surface area (TPSA) is 36.0 Å². The number of hydrogen-bond donors (Lipinski definition) is 2. The quantitative estimate of drug-likeness (QED) is 0.843. The van der Waals surface area contributed by atoms with Crippen LogP contribution in [0.15, 0.2) is 36.5 Å². The second kappa shape index (κ2) is 6.07. The van der Waals surface area contributed by atoms with Crippen molar-refractivity contribution in [1.29, 1.82) is 0 Å². The van der Waals surface area contributed by atoms with E-state index in [-0.39, 0.29) is 0 Å². The van der Waals surface area contributed by atoms with E-state index in [4.69, 9.17) is 11.6 Å². The van der Waals surface area contributed by atoms with E-state index in [0.717, 1.165) is 24.0 Å². The van der Waals surface area contributed by atoms with Crippen molar-refractivity contribution in [2.24, 2.45) is 0 Å². The number of benzene rings is 1. The van der Waals surface area contributed by atoms with Crippen molar-refractivity contribution < 1.29 is 5.11 Å². The summed E-state index contributed by atoms with van der Waals surface area (Å²) in [6, 6.07) is 9.51. The molecule has 1 heterocycles. The van der Waals surface area contributed by atoms with Gasteiger partial charge in [0.2, 0.25) is 0 Å². The van der Waals surface area contributed by atoms with Crippen LogP contribution in [0.5, 0.6) is 0 Å². The summed E-state index contributed by atoms with van der Waals surface area (Å²) in [5.74, 6) is 0. The van der Waals surface area contributed by atoms with E-state index in [1.165, 1.54) is 5.69 Å². The third-order valence-electron chi connectivity index (χ3n) is 2.98. The number of rotatable bonds is 5. The summed E-state index contributed by atoms with van der Waals surface area (Å²) in [6.07, 6.45) is 4.25. The average Bonchev–Trinajstić information content (AvgIpc) is 2.77. The highest BCUT2D eigenvalue weighted by Gasteiger charge is 2.10. The number of halogens is 1. The van der Waals surface area contributed by atoms with Gasteiger partial charge in [-0.15, -0.1) is 0 Å². The van der Waals surface area contributed by atoms with E-state index < -0.39 is 6.10 Å². The predicted molar refractivity (Wildman–Crippen MR) is 74.9 cm³/mol. The summed E-state index contributed by atoms with van der Waals surface area (Å²) in [5, 5.41) is 10.8. The van der Waals surface area contributed by atoms with E-state index in [2.05, 4.69) is 18.0 Å². The van der Waals surface area contributed by atoms with E-state index in [1.54, 1.807) is 0 Å². The zero-order valence-corrected chi connectivity index (χ0v) is 11.2. The molecule has 0 saturated heterocycles. The number of aryl methyl sites for hydroxylation is 1. The van der Waals surface area contributed by atoms with E-state index in [9.17, 15) is 5.11 Å². The lowest BCUT2D eigenvalue weighted by Gasteiger charge is -2.10. The molecule has 2 aromatic rings. The summed E-state index contributed by atoms with van der Waals surface area (Å²) >= 11 is 5.92. The molecular formula is C15H18ClNO. The highest BCUT2D eigenvalue weighted by Crippen LogP contribution is 2.21. The van der Waals surface area contributed by atoms with Gasteiger partial charge in [0.05, 0.1) is 6.10 Å². The highest BCUT2D eigenvalue weighted by atomic mass is 35.5. The van der Waals surface area contributed by atoms with Crippen molar-refractivity contribution in [2.75, 3.05) is 0 Å². The van der Waals surface area contributed by atoms with Gasteiger partial charge in [0.15, 0.2) is 0 Å².